The minimum Gasteiger partial charge on any atom is -0.369 e. The zero-order valence-electron chi connectivity index (χ0n) is 50.2. The molecule has 0 atom stereocenters. The van der Waals surface area contributed by atoms with Crippen molar-refractivity contribution in [3.05, 3.63) is 71.3 Å². The molecule has 3 N–H and O–H groups in total. The van der Waals surface area contributed by atoms with Crippen LogP contribution >= 0.6 is 69.6 Å². The summed E-state index contributed by atoms with van der Waals surface area (Å²) >= 11 is 35.6. The van der Waals surface area contributed by atoms with E-state index in [1.807, 2.05) is 22.6 Å². The molecule has 3 heterocycles. The molecule has 0 saturated heterocycles. The van der Waals surface area contributed by atoms with Crippen molar-refractivity contribution in [2.24, 2.45) is 21.1 Å². The first-order chi connectivity index (χ1) is 40.1. The molecule has 0 aliphatic carbocycles. The molecule has 15 nitrogen and oxygen atoms in total. The van der Waals surface area contributed by atoms with E-state index in [1.165, 1.54) is 11.6 Å². The average Bonchev–Trinajstić information content (AvgIpc) is 4.29. The van der Waals surface area contributed by atoms with Crippen LogP contribution < -0.4 is 30.7 Å². The van der Waals surface area contributed by atoms with Crippen LogP contribution in [0.2, 0.25) is 0 Å². The molecule has 83 heavy (non-hydrogen) atoms. The number of rotatable bonds is 36. The monoisotopic (exact) mass is 1270 g/mol. The summed E-state index contributed by atoms with van der Waals surface area (Å²) in [6, 6.07) is 14.2. The SMILES string of the molecule is CNC(=O)CCCCCCc1nc2c(C)cc(N(CCCl)CCCl)cc2n1C.CNC(=O)CCCCCCc1nc2c(F)cc(N(CCCl)CCCl)cc2n1C.CNC(=O)CCCCCCc1nc2ccc(N(CCCl)CCCl)cc2n1C. The lowest BCUT2D eigenvalue weighted by Gasteiger charge is -2.23. The number of amides is 3. The number of nitrogens with zero attached hydrogens (tertiary/aromatic N) is 9. The van der Waals surface area contributed by atoms with Gasteiger partial charge in [0.1, 0.15) is 23.0 Å². The standard InChI is InChI=1S/C21H32Cl2N4O.C20H29Cl2FN4O.C20H30Cl2N4O/c1-16-14-17(27(12-10-22)13-11-23)15-18-21(16)25-19(26(18)3)8-6-4-5-7-9-20(28)24-2;1-24-19(28)8-6-4-3-5-7-18-25-20-16(23)13-15(14-17(20)26(18)2)27(11-9-21)12-10-22;1-23-20(27)8-6-4-3-5-7-19-24-17-10-9-16(15-18(17)25(19)2)26(13-11-21)14-12-22/h14-15H,4-13H2,1-3H3,(H,24,28);13-14H,3-12H2,1-2H3,(H,24,28);9-10,15H,3-8,11-14H2,1-2H3,(H,23,27). The number of nitrogens with one attached hydrogen (secondary N) is 3. The topological polar surface area (TPSA) is 150 Å². The van der Waals surface area contributed by atoms with Crippen molar-refractivity contribution in [1.82, 2.24) is 44.6 Å². The maximum Gasteiger partial charge on any atom is 0.219 e. The molecule has 0 bridgehead atoms. The van der Waals surface area contributed by atoms with Crippen molar-refractivity contribution in [1.29, 1.82) is 0 Å². The van der Waals surface area contributed by atoms with Gasteiger partial charge in [-0.15, -0.1) is 69.6 Å². The molecule has 3 amide bonds. The summed E-state index contributed by atoms with van der Waals surface area (Å²) in [5, 5.41) is 7.96. The molecule has 0 fully saturated rings. The Kier molecular flexibility index (Phi) is 33.6. The van der Waals surface area contributed by atoms with E-state index < -0.39 is 0 Å². The van der Waals surface area contributed by atoms with Gasteiger partial charge in [-0.25, -0.2) is 19.3 Å². The normalized spacial score (nSPS) is 11.2. The first kappa shape index (κ1) is 71.0. The van der Waals surface area contributed by atoms with E-state index >= 15 is 0 Å². The van der Waals surface area contributed by atoms with Crippen LogP contribution in [0.15, 0.2) is 42.5 Å². The summed E-state index contributed by atoms with van der Waals surface area (Å²) in [6.45, 7) is 6.45. The minimum absolute atomic E-state index is 0.0824. The largest absolute Gasteiger partial charge is 0.369 e. The fourth-order valence-electron chi connectivity index (χ4n) is 10.1. The van der Waals surface area contributed by atoms with Gasteiger partial charge in [-0.05, 0) is 93.5 Å². The van der Waals surface area contributed by atoms with E-state index in [2.05, 4.69) is 91.2 Å². The number of halogens is 7. The maximum atomic E-state index is 14.7. The van der Waals surface area contributed by atoms with Crippen LogP contribution in [0, 0.1) is 12.7 Å². The lowest BCUT2D eigenvalue weighted by atomic mass is 10.1. The second-order valence-corrected chi connectivity index (χ2v) is 23.0. The Balaban J connectivity index is 0.000000267. The third-order valence-electron chi connectivity index (χ3n) is 15.0. The number of alkyl halides is 6. The van der Waals surface area contributed by atoms with Crippen LogP contribution in [0.25, 0.3) is 33.1 Å². The van der Waals surface area contributed by atoms with Gasteiger partial charge in [-0.1, -0.05) is 38.5 Å². The summed E-state index contributed by atoms with van der Waals surface area (Å²) in [5.41, 5.74) is 9.78. The zero-order chi connectivity index (χ0) is 60.7. The Bertz CT molecular complexity index is 2750. The third-order valence-corrected chi connectivity index (χ3v) is 16.0. The lowest BCUT2D eigenvalue weighted by Crippen LogP contribution is -2.27. The molecule has 6 rings (SSSR count). The van der Waals surface area contributed by atoms with Gasteiger partial charge in [-0.3, -0.25) is 14.4 Å². The number of fused-ring (bicyclic) bond motifs is 3. The third kappa shape index (κ3) is 22.7. The number of aromatic nitrogens is 6. The highest BCUT2D eigenvalue weighted by molar-refractivity contribution is 6.19. The lowest BCUT2D eigenvalue weighted by molar-refractivity contribution is -0.121. The van der Waals surface area contributed by atoms with Crippen molar-refractivity contribution in [2.75, 3.05) is 110 Å². The molecular weight excluding hydrogens is 1180 g/mol. The second-order valence-electron chi connectivity index (χ2n) is 20.7. The zero-order valence-corrected chi connectivity index (χ0v) is 54.7. The Labute approximate surface area is 523 Å². The van der Waals surface area contributed by atoms with Crippen LogP contribution in [0.1, 0.15) is 119 Å². The van der Waals surface area contributed by atoms with Gasteiger partial charge in [0.25, 0.3) is 0 Å². The number of imidazole rings is 3. The minimum atomic E-state index is -0.325. The first-order valence-corrected chi connectivity index (χ1v) is 32.6. The van der Waals surface area contributed by atoms with Crippen LogP contribution in [-0.2, 0) is 54.8 Å². The van der Waals surface area contributed by atoms with Gasteiger partial charge < -0.3 is 44.4 Å². The Morgan fingerprint density at radius 2 is 0.783 bits per heavy atom. The van der Waals surface area contributed by atoms with E-state index in [9.17, 15) is 18.8 Å². The summed E-state index contributed by atoms with van der Waals surface area (Å²) in [7, 11) is 11.1. The fourth-order valence-corrected chi connectivity index (χ4v) is 11.3. The summed E-state index contributed by atoms with van der Waals surface area (Å²) in [6.07, 6.45) is 16.8. The number of benzene rings is 3. The van der Waals surface area contributed by atoms with Crippen LogP contribution in [0.5, 0.6) is 0 Å². The Morgan fingerprint density at radius 1 is 0.446 bits per heavy atom. The molecule has 0 radical (unpaired) electrons. The van der Waals surface area contributed by atoms with Crippen molar-refractivity contribution in [2.45, 2.75) is 122 Å². The molecule has 3 aromatic carbocycles. The van der Waals surface area contributed by atoms with Gasteiger partial charge in [0.2, 0.25) is 17.7 Å². The highest BCUT2D eigenvalue weighted by Gasteiger charge is 2.18. The highest BCUT2D eigenvalue weighted by Crippen LogP contribution is 2.29. The van der Waals surface area contributed by atoms with E-state index in [1.54, 1.807) is 21.1 Å². The Hall–Kier alpha value is -4.45. The van der Waals surface area contributed by atoms with Crippen molar-refractivity contribution in [3.63, 3.8) is 0 Å². The highest BCUT2D eigenvalue weighted by atomic mass is 35.5. The number of aryl methyl sites for hydroxylation is 7. The molecule has 3 aromatic heterocycles. The van der Waals surface area contributed by atoms with E-state index in [4.69, 9.17) is 79.6 Å². The molecular formula is C61H91Cl6FN12O3. The molecule has 0 saturated carbocycles. The summed E-state index contributed by atoms with van der Waals surface area (Å²) < 4.78 is 21.0. The predicted molar refractivity (Wildman–Crippen MR) is 350 cm³/mol. The first-order valence-electron chi connectivity index (χ1n) is 29.4. The number of carbonyl (C=O) groups excluding carboxylic acids is 3. The smallest absolute Gasteiger partial charge is 0.219 e. The van der Waals surface area contributed by atoms with Gasteiger partial charge in [-0.2, -0.15) is 0 Å². The van der Waals surface area contributed by atoms with Gasteiger partial charge in [0.05, 0.1) is 27.6 Å². The molecule has 22 heteroatoms. The summed E-state index contributed by atoms with van der Waals surface area (Å²) in [5.74, 6) is 6.30. The van der Waals surface area contributed by atoms with Crippen molar-refractivity contribution >= 4 is 137 Å². The molecule has 462 valence electrons. The number of carbonyl (C=O) groups is 3. The van der Waals surface area contributed by atoms with Crippen molar-refractivity contribution in [3.8, 4) is 0 Å². The van der Waals surface area contributed by atoms with Crippen molar-refractivity contribution < 1.29 is 18.8 Å². The second kappa shape index (κ2) is 39.3. The number of hydrogen-bond acceptors (Lipinski definition) is 9. The molecule has 6 aromatic rings. The molecule has 0 aliphatic heterocycles. The molecule has 0 aliphatic rings. The van der Waals surface area contributed by atoms with Crippen LogP contribution in [0.3, 0.4) is 0 Å². The quantitative estimate of drug-likeness (QED) is 0.0258. The van der Waals surface area contributed by atoms with E-state index in [-0.39, 0.29) is 23.5 Å². The molecule has 0 unspecified atom stereocenters. The van der Waals surface area contributed by atoms with Gasteiger partial charge >= 0.3 is 0 Å². The fraction of sp³-hybridized carbons (Fsp3) is 0.607. The molecule has 0 spiro atoms. The summed E-state index contributed by atoms with van der Waals surface area (Å²) in [4.78, 5) is 54.3. The predicted octanol–water partition coefficient (Wildman–Crippen LogP) is 12.7. The average molecular weight is 1270 g/mol. The Morgan fingerprint density at radius 3 is 1.19 bits per heavy atom. The van der Waals surface area contributed by atoms with Crippen LogP contribution in [0.4, 0.5) is 21.5 Å². The van der Waals surface area contributed by atoms with Crippen LogP contribution in [-0.4, -0.2) is 142 Å². The van der Waals surface area contributed by atoms with E-state index in [0.717, 1.165) is 185 Å². The van der Waals surface area contributed by atoms with Gasteiger partial charge in [0.15, 0.2) is 5.82 Å². The number of unbranched alkanes of at least 4 members (excludes halogenated alkanes) is 9. The maximum absolute atomic E-state index is 14.7. The number of anilines is 3. The van der Waals surface area contributed by atoms with E-state index in [0.29, 0.717) is 73.1 Å². The number of hydrogen-bond donors (Lipinski definition) is 3. The van der Waals surface area contributed by atoms with Gasteiger partial charge in [0, 0.05) is 172 Å².